The van der Waals surface area contributed by atoms with Crippen molar-refractivity contribution in [3.63, 3.8) is 0 Å². The molecule has 0 saturated heterocycles. The van der Waals surface area contributed by atoms with Crippen molar-refractivity contribution in [3.05, 3.63) is 38.8 Å². The Balaban J connectivity index is 2.52. The van der Waals surface area contributed by atoms with Gasteiger partial charge in [-0.15, -0.1) is 0 Å². The number of nitrogen functional groups attached to an aromatic ring is 1. The summed E-state index contributed by atoms with van der Waals surface area (Å²) in [6.45, 7) is 2.06. The van der Waals surface area contributed by atoms with Crippen LogP contribution in [-0.2, 0) is 11.3 Å². The van der Waals surface area contributed by atoms with Crippen LogP contribution in [0, 0.1) is 16.3 Å². The minimum absolute atomic E-state index is 0.251. The number of halogens is 2. The van der Waals surface area contributed by atoms with Crippen LogP contribution in [0.3, 0.4) is 0 Å². The molecule has 0 unspecified atom stereocenters. The molecule has 0 saturated carbocycles. The van der Waals surface area contributed by atoms with Gasteiger partial charge in [-0.1, -0.05) is 0 Å². The highest BCUT2D eigenvalue weighted by Crippen LogP contribution is 2.24. The quantitative estimate of drug-likeness (QED) is 0.841. The smallest absolute Gasteiger partial charge is 0.161 e. The molecule has 1 heterocycles. The summed E-state index contributed by atoms with van der Waals surface area (Å²) in [5.74, 6) is 0.632. The van der Waals surface area contributed by atoms with Crippen molar-refractivity contribution in [2.75, 3.05) is 12.8 Å². The average molecular weight is 373 g/mol. The molecule has 0 amide bonds. The van der Waals surface area contributed by atoms with Crippen LogP contribution in [0.5, 0.6) is 0 Å². The summed E-state index contributed by atoms with van der Waals surface area (Å²) < 4.78 is 19.1. The van der Waals surface area contributed by atoms with Crippen LogP contribution < -0.4 is 5.73 Å². The van der Waals surface area contributed by atoms with Gasteiger partial charge in [-0.3, -0.25) is 0 Å². The number of hydrogen-bond acceptors (Lipinski definition) is 4. The van der Waals surface area contributed by atoms with E-state index < -0.39 is 0 Å². The highest BCUT2D eigenvalue weighted by atomic mass is 127. The molecule has 0 aliphatic carbocycles. The van der Waals surface area contributed by atoms with Crippen molar-refractivity contribution in [1.29, 1.82) is 0 Å². The first-order valence-corrected chi connectivity index (χ1v) is 6.68. The Morgan fingerprint density at radius 2 is 2.11 bits per heavy atom. The molecule has 6 heteroatoms. The zero-order chi connectivity index (χ0) is 14.0. The molecule has 100 valence electrons. The zero-order valence-electron chi connectivity index (χ0n) is 10.6. The third-order valence-corrected chi connectivity index (χ3v) is 3.82. The fraction of sp³-hybridized carbons (Fsp3) is 0.231. The molecule has 1 aromatic carbocycles. The summed E-state index contributed by atoms with van der Waals surface area (Å²) in [6, 6.07) is 4.74. The van der Waals surface area contributed by atoms with E-state index in [-0.39, 0.29) is 5.82 Å². The predicted molar refractivity (Wildman–Crippen MR) is 80.0 cm³/mol. The molecular formula is C13H13FIN3O. The maximum atomic E-state index is 13.3. The Morgan fingerprint density at radius 1 is 1.37 bits per heavy atom. The lowest BCUT2D eigenvalue weighted by molar-refractivity contribution is 0.181. The van der Waals surface area contributed by atoms with Crippen molar-refractivity contribution < 1.29 is 9.13 Å². The summed E-state index contributed by atoms with van der Waals surface area (Å²) in [4.78, 5) is 8.66. The average Bonchev–Trinajstić information content (AvgIpc) is 2.38. The summed E-state index contributed by atoms with van der Waals surface area (Å²) in [7, 11) is 1.59. The number of nitrogens with two attached hydrogens (primary N) is 1. The lowest BCUT2D eigenvalue weighted by Gasteiger charge is -2.09. The number of methoxy groups -OCH3 is 1. The number of nitrogens with zero attached hydrogens (tertiary/aromatic N) is 2. The Bertz CT molecular complexity index is 619. The number of aromatic nitrogens is 2. The normalized spacial score (nSPS) is 10.7. The predicted octanol–water partition coefficient (Wildman–Crippen LogP) is 2.92. The Morgan fingerprint density at radius 3 is 2.74 bits per heavy atom. The Hall–Kier alpha value is -1.28. The van der Waals surface area contributed by atoms with E-state index in [4.69, 9.17) is 10.5 Å². The van der Waals surface area contributed by atoms with Crippen molar-refractivity contribution in [3.8, 4) is 11.4 Å². The molecule has 2 rings (SSSR count). The van der Waals surface area contributed by atoms with Gasteiger partial charge in [0.1, 0.15) is 11.6 Å². The van der Waals surface area contributed by atoms with Crippen LogP contribution in [0.25, 0.3) is 11.4 Å². The molecule has 0 bridgehead atoms. The molecule has 19 heavy (non-hydrogen) atoms. The lowest BCUT2D eigenvalue weighted by Crippen LogP contribution is -2.06. The first-order valence-electron chi connectivity index (χ1n) is 5.60. The highest BCUT2D eigenvalue weighted by Gasteiger charge is 2.12. The molecule has 0 fully saturated rings. The number of anilines is 1. The minimum Gasteiger partial charge on any atom is -0.383 e. The fourth-order valence-electron chi connectivity index (χ4n) is 1.66. The van der Waals surface area contributed by atoms with Gasteiger partial charge in [-0.2, -0.15) is 0 Å². The summed E-state index contributed by atoms with van der Waals surface area (Å²) in [6.07, 6.45) is 0. The third-order valence-electron chi connectivity index (χ3n) is 2.64. The summed E-state index contributed by atoms with van der Waals surface area (Å²) >= 11 is 2.09. The number of benzene rings is 1. The van der Waals surface area contributed by atoms with Gasteiger partial charge < -0.3 is 10.5 Å². The van der Waals surface area contributed by atoms with E-state index in [1.165, 1.54) is 6.07 Å². The van der Waals surface area contributed by atoms with E-state index in [9.17, 15) is 4.39 Å². The van der Waals surface area contributed by atoms with Gasteiger partial charge in [-0.25, -0.2) is 14.4 Å². The number of hydrogen-bond donors (Lipinski definition) is 1. The van der Waals surface area contributed by atoms with Gasteiger partial charge in [0.05, 0.1) is 15.9 Å². The third kappa shape index (κ3) is 3.01. The van der Waals surface area contributed by atoms with Gasteiger partial charge >= 0.3 is 0 Å². The first kappa shape index (κ1) is 14.1. The molecule has 2 N–H and O–H groups in total. The van der Waals surface area contributed by atoms with Crippen LogP contribution in [0.1, 0.15) is 11.3 Å². The van der Waals surface area contributed by atoms with E-state index in [0.717, 1.165) is 14.8 Å². The van der Waals surface area contributed by atoms with Crippen LogP contribution in [-0.4, -0.2) is 17.1 Å². The summed E-state index contributed by atoms with van der Waals surface area (Å²) in [5, 5.41) is 0. The maximum absolute atomic E-state index is 13.3. The molecule has 0 aliphatic heterocycles. The maximum Gasteiger partial charge on any atom is 0.161 e. The van der Waals surface area contributed by atoms with Crippen LogP contribution in [0.4, 0.5) is 10.2 Å². The van der Waals surface area contributed by atoms with E-state index in [1.54, 1.807) is 26.2 Å². The van der Waals surface area contributed by atoms with E-state index >= 15 is 0 Å². The van der Waals surface area contributed by atoms with Gasteiger partial charge in [0, 0.05) is 12.7 Å². The standard InChI is InChI=1S/C13H13FIN3O/c1-7-5-8(3-4-9(7)14)13-17-10(6-19-2)11(15)12(16)18-13/h3-5H,6H2,1-2H3,(H2,16,17,18). The largest absolute Gasteiger partial charge is 0.383 e. The Kier molecular flexibility index (Phi) is 4.31. The molecule has 0 spiro atoms. The first-order chi connectivity index (χ1) is 9.02. The minimum atomic E-state index is -0.251. The number of aryl methyl sites for hydroxylation is 1. The van der Waals surface area contributed by atoms with Gasteiger partial charge in [0.2, 0.25) is 0 Å². The Labute approximate surface area is 124 Å². The molecule has 1 aromatic heterocycles. The van der Waals surface area contributed by atoms with E-state index in [2.05, 4.69) is 32.6 Å². The fourth-order valence-corrected chi connectivity index (χ4v) is 2.06. The second kappa shape index (κ2) is 5.79. The van der Waals surface area contributed by atoms with Crippen molar-refractivity contribution >= 4 is 28.4 Å². The van der Waals surface area contributed by atoms with Crippen molar-refractivity contribution in [2.45, 2.75) is 13.5 Å². The van der Waals surface area contributed by atoms with Crippen LogP contribution in [0.2, 0.25) is 0 Å². The van der Waals surface area contributed by atoms with E-state index in [1.807, 2.05) is 0 Å². The number of rotatable bonds is 3. The highest BCUT2D eigenvalue weighted by molar-refractivity contribution is 14.1. The van der Waals surface area contributed by atoms with Gasteiger partial charge in [-0.05, 0) is 53.3 Å². The molecule has 2 aromatic rings. The van der Waals surface area contributed by atoms with Crippen molar-refractivity contribution in [1.82, 2.24) is 9.97 Å². The zero-order valence-corrected chi connectivity index (χ0v) is 12.7. The second-order valence-corrected chi connectivity index (χ2v) is 5.17. The molecule has 0 aliphatic rings. The van der Waals surface area contributed by atoms with Crippen LogP contribution in [0.15, 0.2) is 18.2 Å². The molecule has 0 radical (unpaired) electrons. The number of ether oxygens (including phenoxy) is 1. The second-order valence-electron chi connectivity index (χ2n) is 4.09. The summed E-state index contributed by atoms with van der Waals surface area (Å²) in [5.41, 5.74) is 7.88. The molecule has 0 atom stereocenters. The van der Waals surface area contributed by atoms with Crippen LogP contribution >= 0.6 is 22.6 Å². The van der Waals surface area contributed by atoms with E-state index in [0.29, 0.717) is 23.8 Å². The SMILES string of the molecule is COCc1nc(-c2ccc(F)c(C)c2)nc(N)c1I. The van der Waals surface area contributed by atoms with Crippen molar-refractivity contribution in [2.24, 2.45) is 0 Å². The molecule has 4 nitrogen and oxygen atoms in total. The van der Waals surface area contributed by atoms with Gasteiger partial charge in [0.15, 0.2) is 5.82 Å². The lowest BCUT2D eigenvalue weighted by atomic mass is 10.1. The van der Waals surface area contributed by atoms with Gasteiger partial charge in [0.25, 0.3) is 0 Å². The monoisotopic (exact) mass is 373 g/mol. The topological polar surface area (TPSA) is 61.0 Å². The molecular weight excluding hydrogens is 360 g/mol.